The number of aromatic nitrogens is 3. The molecule has 2 heterocycles. The highest BCUT2D eigenvalue weighted by Gasteiger charge is 2.29. The van der Waals surface area contributed by atoms with Crippen LogP contribution in [0.25, 0.3) is 10.9 Å². The number of nitrogens with zero attached hydrogens (tertiary/aromatic N) is 1. The summed E-state index contributed by atoms with van der Waals surface area (Å²) in [5.41, 5.74) is 8.52. The Hall–Kier alpha value is -3.09. The highest BCUT2D eigenvalue weighted by Crippen LogP contribution is 2.41. The van der Waals surface area contributed by atoms with Crippen molar-refractivity contribution >= 4 is 28.4 Å². The standard InChI is InChI=1S/C16H15N5O2/c17-15(22)13-6-9-5-10(3-4-12(9)20-13)19-16(23)14-11(7-18-21-14)8-1-2-8/h3-8,20H,1-2H2,(H2,17,22)(H,18,21)(H,19,23). The SMILES string of the molecule is NC(=O)c1cc2cc(NC(=O)c3[nH]ncc3C3CC3)ccc2[nH]1. The van der Waals surface area contributed by atoms with Crippen LogP contribution >= 0.6 is 0 Å². The number of aromatic amines is 2. The normalized spacial score (nSPS) is 14.1. The van der Waals surface area contributed by atoms with Crippen LogP contribution in [-0.2, 0) is 0 Å². The molecular weight excluding hydrogens is 294 g/mol. The van der Waals surface area contributed by atoms with E-state index in [-0.39, 0.29) is 5.91 Å². The van der Waals surface area contributed by atoms with Crippen LogP contribution in [0.2, 0.25) is 0 Å². The fraction of sp³-hybridized carbons (Fsp3) is 0.188. The largest absolute Gasteiger partial charge is 0.364 e. The number of benzene rings is 1. The first kappa shape index (κ1) is 13.6. The van der Waals surface area contributed by atoms with Crippen molar-refractivity contribution in [2.45, 2.75) is 18.8 Å². The van der Waals surface area contributed by atoms with Crippen molar-refractivity contribution < 1.29 is 9.59 Å². The number of nitrogens with two attached hydrogens (primary N) is 1. The van der Waals surface area contributed by atoms with Gasteiger partial charge >= 0.3 is 0 Å². The molecule has 1 saturated carbocycles. The summed E-state index contributed by atoms with van der Waals surface area (Å²) in [6.45, 7) is 0. The molecule has 5 N–H and O–H groups in total. The van der Waals surface area contributed by atoms with Crippen LogP contribution in [0, 0.1) is 0 Å². The highest BCUT2D eigenvalue weighted by molar-refractivity contribution is 6.05. The fourth-order valence-electron chi connectivity index (χ4n) is 2.72. The Morgan fingerprint density at radius 3 is 2.83 bits per heavy atom. The van der Waals surface area contributed by atoms with Gasteiger partial charge in [-0.2, -0.15) is 5.10 Å². The Labute approximate surface area is 131 Å². The Morgan fingerprint density at radius 1 is 1.26 bits per heavy atom. The summed E-state index contributed by atoms with van der Waals surface area (Å²) in [6, 6.07) is 7.03. The Kier molecular flexibility index (Phi) is 2.94. The minimum Gasteiger partial charge on any atom is -0.364 e. The summed E-state index contributed by atoms with van der Waals surface area (Å²) in [4.78, 5) is 26.6. The molecule has 116 valence electrons. The van der Waals surface area contributed by atoms with Crippen molar-refractivity contribution in [3.05, 3.63) is 47.4 Å². The number of H-pyrrole nitrogens is 2. The number of fused-ring (bicyclic) bond motifs is 1. The first-order valence-corrected chi connectivity index (χ1v) is 7.39. The molecule has 0 aliphatic heterocycles. The van der Waals surface area contributed by atoms with E-state index in [9.17, 15) is 9.59 Å². The van der Waals surface area contributed by atoms with E-state index in [0.29, 0.717) is 23.0 Å². The van der Waals surface area contributed by atoms with Crippen molar-refractivity contribution in [1.29, 1.82) is 0 Å². The van der Waals surface area contributed by atoms with Gasteiger partial charge in [-0.05, 0) is 43.0 Å². The van der Waals surface area contributed by atoms with Crippen molar-refractivity contribution in [2.75, 3.05) is 5.32 Å². The van der Waals surface area contributed by atoms with Crippen molar-refractivity contribution in [3.63, 3.8) is 0 Å². The van der Waals surface area contributed by atoms with Crippen LogP contribution in [0.3, 0.4) is 0 Å². The third-order valence-electron chi connectivity index (χ3n) is 4.06. The van der Waals surface area contributed by atoms with Gasteiger partial charge in [-0.15, -0.1) is 0 Å². The quantitative estimate of drug-likeness (QED) is 0.591. The molecule has 4 rings (SSSR count). The van der Waals surface area contributed by atoms with E-state index >= 15 is 0 Å². The molecule has 7 heteroatoms. The maximum absolute atomic E-state index is 12.4. The highest BCUT2D eigenvalue weighted by atomic mass is 16.2. The lowest BCUT2D eigenvalue weighted by Gasteiger charge is -2.05. The number of primary amides is 1. The van der Waals surface area contributed by atoms with E-state index in [1.807, 2.05) is 0 Å². The Bertz CT molecular complexity index is 920. The van der Waals surface area contributed by atoms with E-state index in [1.54, 1.807) is 30.5 Å². The van der Waals surface area contributed by atoms with E-state index in [4.69, 9.17) is 5.73 Å². The monoisotopic (exact) mass is 309 g/mol. The number of nitrogens with one attached hydrogen (secondary N) is 3. The van der Waals surface area contributed by atoms with Crippen molar-refractivity contribution in [2.24, 2.45) is 5.73 Å². The summed E-state index contributed by atoms with van der Waals surface area (Å²) in [5.74, 6) is -0.285. The van der Waals surface area contributed by atoms with Gasteiger partial charge in [-0.1, -0.05) is 0 Å². The molecule has 0 atom stereocenters. The van der Waals surface area contributed by atoms with Crippen LogP contribution in [0.4, 0.5) is 5.69 Å². The van der Waals surface area contributed by atoms with Gasteiger partial charge in [0.2, 0.25) is 0 Å². The van der Waals surface area contributed by atoms with Crippen molar-refractivity contribution in [3.8, 4) is 0 Å². The minimum absolute atomic E-state index is 0.214. The number of amides is 2. The molecule has 0 saturated heterocycles. The minimum atomic E-state index is -0.515. The second-order valence-electron chi connectivity index (χ2n) is 5.78. The fourth-order valence-corrected chi connectivity index (χ4v) is 2.72. The lowest BCUT2D eigenvalue weighted by atomic mass is 10.1. The van der Waals surface area contributed by atoms with Gasteiger partial charge in [-0.3, -0.25) is 14.7 Å². The number of hydrogen-bond donors (Lipinski definition) is 4. The molecule has 3 aromatic rings. The molecule has 0 radical (unpaired) electrons. The van der Waals surface area contributed by atoms with E-state index < -0.39 is 5.91 Å². The predicted molar refractivity (Wildman–Crippen MR) is 85.3 cm³/mol. The van der Waals surface area contributed by atoms with Crippen LogP contribution in [0.1, 0.15) is 45.3 Å². The molecule has 1 aliphatic rings. The Balaban J connectivity index is 1.60. The molecular formula is C16H15N5O2. The van der Waals surface area contributed by atoms with Gasteiger partial charge in [0.15, 0.2) is 0 Å². The molecule has 1 aromatic carbocycles. The van der Waals surface area contributed by atoms with Gasteiger partial charge < -0.3 is 16.0 Å². The zero-order chi connectivity index (χ0) is 16.0. The predicted octanol–water partition coefficient (Wildman–Crippen LogP) is 2.12. The van der Waals surface area contributed by atoms with Crippen LogP contribution < -0.4 is 11.1 Å². The summed E-state index contributed by atoms with van der Waals surface area (Å²) in [7, 11) is 0. The van der Waals surface area contributed by atoms with Crippen LogP contribution in [0.5, 0.6) is 0 Å². The molecule has 7 nitrogen and oxygen atoms in total. The smallest absolute Gasteiger partial charge is 0.273 e. The van der Waals surface area contributed by atoms with Gasteiger partial charge in [0.05, 0.1) is 6.20 Å². The maximum Gasteiger partial charge on any atom is 0.273 e. The molecule has 23 heavy (non-hydrogen) atoms. The number of carbonyl (C=O) groups excluding carboxylic acids is 2. The molecule has 1 fully saturated rings. The zero-order valence-corrected chi connectivity index (χ0v) is 12.2. The number of rotatable bonds is 4. The van der Waals surface area contributed by atoms with Gasteiger partial charge in [0.1, 0.15) is 11.4 Å². The molecule has 2 aromatic heterocycles. The summed E-state index contributed by atoms with van der Waals surface area (Å²) in [6.07, 6.45) is 3.93. The number of carbonyl (C=O) groups is 2. The van der Waals surface area contributed by atoms with Gasteiger partial charge in [0, 0.05) is 22.2 Å². The zero-order valence-electron chi connectivity index (χ0n) is 12.2. The average molecular weight is 309 g/mol. The van der Waals surface area contributed by atoms with Crippen LogP contribution in [0.15, 0.2) is 30.5 Å². The summed E-state index contributed by atoms with van der Waals surface area (Å²) < 4.78 is 0. The number of hydrogen-bond acceptors (Lipinski definition) is 3. The molecule has 1 aliphatic carbocycles. The molecule has 2 amide bonds. The maximum atomic E-state index is 12.4. The third kappa shape index (κ3) is 2.46. The number of anilines is 1. The first-order chi connectivity index (χ1) is 11.1. The average Bonchev–Trinajstić information content (AvgIpc) is 3.10. The lowest BCUT2D eigenvalue weighted by Crippen LogP contribution is -2.14. The van der Waals surface area contributed by atoms with Gasteiger partial charge in [-0.25, -0.2) is 0 Å². The van der Waals surface area contributed by atoms with Gasteiger partial charge in [0.25, 0.3) is 11.8 Å². The second kappa shape index (κ2) is 4.98. The molecule has 0 bridgehead atoms. The third-order valence-corrected chi connectivity index (χ3v) is 4.06. The van der Waals surface area contributed by atoms with Crippen LogP contribution in [-0.4, -0.2) is 27.0 Å². The first-order valence-electron chi connectivity index (χ1n) is 7.39. The van der Waals surface area contributed by atoms with Crippen molar-refractivity contribution in [1.82, 2.24) is 15.2 Å². The van der Waals surface area contributed by atoms with E-state index in [1.165, 1.54) is 0 Å². The van der Waals surface area contributed by atoms with E-state index in [0.717, 1.165) is 29.3 Å². The summed E-state index contributed by atoms with van der Waals surface area (Å²) >= 11 is 0. The Morgan fingerprint density at radius 2 is 2.09 bits per heavy atom. The second-order valence-corrected chi connectivity index (χ2v) is 5.78. The molecule has 0 spiro atoms. The topological polar surface area (TPSA) is 117 Å². The van der Waals surface area contributed by atoms with E-state index in [2.05, 4.69) is 20.5 Å². The lowest BCUT2D eigenvalue weighted by molar-refractivity contribution is 0.0993. The summed E-state index contributed by atoms with van der Waals surface area (Å²) in [5, 5.41) is 10.4. The molecule has 0 unspecified atom stereocenters.